The zero-order valence-electron chi connectivity index (χ0n) is 15.0. The first-order valence-electron chi connectivity index (χ1n) is 8.65. The number of imide groups is 1. The molecule has 1 fully saturated rings. The highest BCUT2D eigenvalue weighted by Gasteiger charge is 2.48. The normalized spacial score (nSPS) is 19.7. The number of aromatic nitrogens is 3. The Hall–Kier alpha value is -3.42. The van der Waals surface area contributed by atoms with Gasteiger partial charge in [0.25, 0.3) is 5.91 Å². The fourth-order valence-electron chi connectivity index (χ4n) is 3.29. The molecule has 0 radical (unpaired) electrons. The van der Waals surface area contributed by atoms with E-state index in [0.717, 1.165) is 16.0 Å². The predicted octanol–water partition coefficient (Wildman–Crippen LogP) is 1.27. The highest BCUT2D eigenvalue weighted by molar-refractivity contribution is 6.07. The highest BCUT2D eigenvalue weighted by Crippen LogP contribution is 2.28. The molecule has 4 rings (SSSR count). The van der Waals surface area contributed by atoms with Crippen LogP contribution in [0.4, 0.5) is 4.79 Å². The molecule has 0 spiro atoms. The number of hydrogen-bond donors (Lipinski definition) is 1. The van der Waals surface area contributed by atoms with Crippen molar-refractivity contribution in [3.05, 3.63) is 70.3 Å². The van der Waals surface area contributed by atoms with Crippen molar-refractivity contribution in [2.75, 3.05) is 6.54 Å². The van der Waals surface area contributed by atoms with Crippen LogP contribution in [0.15, 0.2) is 53.5 Å². The molecule has 1 saturated heterocycles. The Balaban J connectivity index is 1.56. The smallest absolute Gasteiger partial charge is 0.319 e. The maximum Gasteiger partial charge on any atom is 0.350 e. The van der Waals surface area contributed by atoms with E-state index in [9.17, 15) is 14.4 Å². The van der Waals surface area contributed by atoms with Crippen molar-refractivity contribution >= 4 is 17.6 Å². The summed E-state index contributed by atoms with van der Waals surface area (Å²) < 4.78 is 2.68. The number of pyridine rings is 1. The maximum absolute atomic E-state index is 12.9. The van der Waals surface area contributed by atoms with Gasteiger partial charge in [-0.15, -0.1) is 5.10 Å². The number of nitrogens with one attached hydrogen (secondary N) is 1. The van der Waals surface area contributed by atoms with Crippen LogP contribution in [0.5, 0.6) is 0 Å². The van der Waals surface area contributed by atoms with Gasteiger partial charge in [0.05, 0.1) is 13.1 Å². The zero-order chi connectivity index (χ0) is 19.2. The first-order chi connectivity index (χ1) is 12.9. The van der Waals surface area contributed by atoms with Crippen LogP contribution in [0, 0.1) is 6.92 Å². The number of benzene rings is 1. The van der Waals surface area contributed by atoms with Gasteiger partial charge in [-0.25, -0.2) is 14.3 Å². The van der Waals surface area contributed by atoms with Crippen molar-refractivity contribution in [3.8, 4) is 0 Å². The van der Waals surface area contributed by atoms with E-state index in [2.05, 4.69) is 10.4 Å². The van der Waals surface area contributed by atoms with Gasteiger partial charge in [-0.3, -0.25) is 14.1 Å². The van der Waals surface area contributed by atoms with Crippen LogP contribution in [0.2, 0.25) is 0 Å². The molecule has 8 nitrogen and oxygen atoms in total. The summed E-state index contributed by atoms with van der Waals surface area (Å²) in [5, 5.41) is 6.99. The number of urea groups is 1. The second-order valence-electron chi connectivity index (χ2n) is 6.81. The van der Waals surface area contributed by atoms with Crippen LogP contribution in [-0.2, 0) is 16.9 Å². The molecular formula is C19H19N5O3. The minimum atomic E-state index is -1.12. The Bertz CT molecular complexity index is 1100. The number of fused-ring (bicyclic) bond motifs is 1. The lowest BCUT2D eigenvalue weighted by Crippen LogP contribution is -2.41. The lowest BCUT2D eigenvalue weighted by molar-refractivity contribution is -0.131. The first-order valence-corrected chi connectivity index (χ1v) is 8.65. The molecule has 1 atom stereocenters. The van der Waals surface area contributed by atoms with Gasteiger partial charge in [0.2, 0.25) is 0 Å². The standard InChI is InChI=1S/C19H19N5O3/c1-13-6-8-14(9-7-13)19(2)16(25)23(17(26)20-19)11-12-24-18(27)22-10-4-3-5-15(22)21-24/h3-10H,11-12H2,1-2H3,(H,20,26). The van der Waals surface area contributed by atoms with Crippen LogP contribution >= 0.6 is 0 Å². The second-order valence-corrected chi connectivity index (χ2v) is 6.81. The monoisotopic (exact) mass is 365 g/mol. The molecule has 3 aromatic rings. The minimum Gasteiger partial charge on any atom is -0.319 e. The topological polar surface area (TPSA) is 88.7 Å². The molecule has 2 aromatic heterocycles. The molecule has 8 heteroatoms. The lowest BCUT2D eigenvalue weighted by Gasteiger charge is -2.22. The van der Waals surface area contributed by atoms with Gasteiger partial charge in [-0.1, -0.05) is 35.9 Å². The van der Waals surface area contributed by atoms with Crippen LogP contribution in [-0.4, -0.2) is 37.6 Å². The van der Waals surface area contributed by atoms with Crippen molar-refractivity contribution in [2.24, 2.45) is 0 Å². The Morgan fingerprint density at radius 2 is 1.78 bits per heavy atom. The fourth-order valence-corrected chi connectivity index (χ4v) is 3.29. The maximum atomic E-state index is 12.9. The molecule has 3 heterocycles. The van der Waals surface area contributed by atoms with Crippen molar-refractivity contribution in [1.82, 2.24) is 24.4 Å². The van der Waals surface area contributed by atoms with E-state index in [1.165, 1.54) is 9.08 Å². The molecule has 138 valence electrons. The fraction of sp³-hybridized carbons (Fsp3) is 0.263. The SMILES string of the molecule is Cc1ccc(C2(C)NC(=O)N(CCn3nc4ccccn4c3=O)C2=O)cc1. The molecule has 0 saturated carbocycles. The number of rotatable bonds is 4. The van der Waals surface area contributed by atoms with Crippen molar-refractivity contribution in [2.45, 2.75) is 25.9 Å². The number of carbonyl (C=O) groups is 2. The van der Waals surface area contributed by atoms with Crippen molar-refractivity contribution in [1.29, 1.82) is 0 Å². The first kappa shape index (κ1) is 17.0. The summed E-state index contributed by atoms with van der Waals surface area (Å²) in [6.07, 6.45) is 1.63. The van der Waals surface area contributed by atoms with Crippen molar-refractivity contribution in [3.63, 3.8) is 0 Å². The molecule has 27 heavy (non-hydrogen) atoms. The van der Waals surface area contributed by atoms with E-state index in [-0.39, 0.29) is 24.7 Å². The molecule has 3 amide bonds. The largest absolute Gasteiger partial charge is 0.350 e. The minimum absolute atomic E-state index is 0.0654. The van der Waals surface area contributed by atoms with E-state index in [1.54, 1.807) is 31.3 Å². The van der Waals surface area contributed by atoms with E-state index >= 15 is 0 Å². The Labute approximate surface area is 155 Å². The summed E-state index contributed by atoms with van der Waals surface area (Å²) in [6, 6.07) is 12.3. The van der Waals surface area contributed by atoms with Gasteiger partial charge in [0.15, 0.2) is 5.65 Å². The number of amides is 3. The lowest BCUT2D eigenvalue weighted by atomic mass is 9.91. The van der Waals surface area contributed by atoms with E-state index in [0.29, 0.717) is 5.65 Å². The van der Waals surface area contributed by atoms with Gasteiger partial charge >= 0.3 is 11.7 Å². The van der Waals surface area contributed by atoms with Crippen LogP contribution in [0.1, 0.15) is 18.1 Å². The molecule has 1 aliphatic heterocycles. The van der Waals surface area contributed by atoms with E-state index < -0.39 is 11.6 Å². The van der Waals surface area contributed by atoms with E-state index in [4.69, 9.17) is 0 Å². The molecule has 1 unspecified atom stereocenters. The predicted molar refractivity (Wildman–Crippen MR) is 98.2 cm³/mol. The van der Waals surface area contributed by atoms with Gasteiger partial charge in [0.1, 0.15) is 5.54 Å². The van der Waals surface area contributed by atoms with Gasteiger partial charge in [-0.05, 0) is 31.5 Å². The van der Waals surface area contributed by atoms with Crippen LogP contribution < -0.4 is 11.0 Å². The molecular weight excluding hydrogens is 346 g/mol. The number of hydrogen-bond acceptors (Lipinski definition) is 4. The average Bonchev–Trinajstić information content (AvgIpc) is 3.09. The third-order valence-electron chi connectivity index (χ3n) is 4.93. The van der Waals surface area contributed by atoms with Gasteiger partial charge in [0, 0.05) is 6.20 Å². The average molecular weight is 365 g/mol. The molecule has 1 N–H and O–H groups in total. The molecule has 1 aliphatic rings. The quantitative estimate of drug-likeness (QED) is 0.705. The number of carbonyl (C=O) groups excluding carboxylic acids is 2. The van der Waals surface area contributed by atoms with Crippen LogP contribution in [0.25, 0.3) is 5.65 Å². The third-order valence-corrected chi connectivity index (χ3v) is 4.93. The summed E-state index contributed by atoms with van der Waals surface area (Å²) in [6.45, 7) is 3.84. The number of aryl methyl sites for hydroxylation is 1. The zero-order valence-corrected chi connectivity index (χ0v) is 15.0. The molecule has 1 aromatic carbocycles. The Morgan fingerprint density at radius 1 is 1.04 bits per heavy atom. The molecule has 0 aliphatic carbocycles. The number of nitrogens with zero attached hydrogens (tertiary/aromatic N) is 4. The van der Waals surface area contributed by atoms with Gasteiger partial charge in [-0.2, -0.15) is 0 Å². The van der Waals surface area contributed by atoms with Crippen LogP contribution in [0.3, 0.4) is 0 Å². The summed E-state index contributed by atoms with van der Waals surface area (Å²) in [4.78, 5) is 38.8. The Morgan fingerprint density at radius 3 is 2.48 bits per heavy atom. The van der Waals surface area contributed by atoms with Gasteiger partial charge < -0.3 is 5.32 Å². The summed E-state index contributed by atoms with van der Waals surface area (Å²) >= 11 is 0. The second kappa shape index (κ2) is 6.08. The third kappa shape index (κ3) is 2.69. The summed E-state index contributed by atoms with van der Waals surface area (Å²) in [5.74, 6) is -0.340. The molecule has 0 bridgehead atoms. The van der Waals surface area contributed by atoms with E-state index in [1.807, 2.05) is 31.2 Å². The van der Waals surface area contributed by atoms with Crippen molar-refractivity contribution < 1.29 is 9.59 Å². The summed E-state index contributed by atoms with van der Waals surface area (Å²) in [5.41, 5.74) is 0.887. The highest BCUT2D eigenvalue weighted by atomic mass is 16.2. The Kier molecular flexibility index (Phi) is 3.83. The summed E-state index contributed by atoms with van der Waals surface area (Å²) in [7, 11) is 0.